The second-order valence-corrected chi connectivity index (χ2v) is 5.96. The molecule has 2 aromatic rings. The van der Waals surface area contributed by atoms with Crippen LogP contribution in [0, 0.1) is 5.82 Å². The lowest BCUT2D eigenvalue weighted by molar-refractivity contribution is -0.144. The van der Waals surface area contributed by atoms with Gasteiger partial charge in [0.1, 0.15) is 18.1 Å². The number of carbonyl (C=O) groups excluding carboxylic acids is 2. The molecule has 1 heterocycles. The largest absolute Gasteiger partial charge is 0.497 e. The van der Waals surface area contributed by atoms with Gasteiger partial charge in [-0.1, -0.05) is 12.1 Å². The first-order valence-electron chi connectivity index (χ1n) is 8.16. The fourth-order valence-electron chi connectivity index (χ4n) is 2.86. The Morgan fingerprint density at radius 1 is 1.12 bits per heavy atom. The number of methoxy groups -OCH3 is 1. The van der Waals surface area contributed by atoms with Crippen LogP contribution in [0.5, 0.6) is 5.75 Å². The van der Waals surface area contributed by atoms with Gasteiger partial charge >= 0.3 is 0 Å². The molecule has 1 aliphatic rings. The first-order chi connectivity index (χ1) is 12.5. The monoisotopic (exact) mass is 358 g/mol. The highest BCUT2D eigenvalue weighted by molar-refractivity contribution is 5.98. The van der Waals surface area contributed by atoms with E-state index in [2.05, 4.69) is 0 Å². The molecule has 1 atom stereocenters. The van der Waals surface area contributed by atoms with Gasteiger partial charge in [-0.2, -0.15) is 0 Å². The van der Waals surface area contributed by atoms with Crippen molar-refractivity contribution in [2.75, 3.05) is 31.6 Å². The van der Waals surface area contributed by atoms with Crippen LogP contribution in [0.3, 0.4) is 0 Å². The number of hydrogen-bond acceptors (Lipinski definition) is 4. The molecule has 1 aliphatic heterocycles. The van der Waals surface area contributed by atoms with Crippen LogP contribution in [-0.4, -0.2) is 48.6 Å². The molecule has 2 aromatic carbocycles. The van der Waals surface area contributed by atoms with Crippen molar-refractivity contribution in [1.82, 2.24) is 4.90 Å². The van der Waals surface area contributed by atoms with Crippen LogP contribution in [0.2, 0.25) is 0 Å². The first kappa shape index (κ1) is 17.9. The average molecular weight is 358 g/mol. The van der Waals surface area contributed by atoms with Gasteiger partial charge in [0, 0.05) is 18.8 Å². The summed E-state index contributed by atoms with van der Waals surface area (Å²) in [6.07, 6.45) is -1.42. The van der Waals surface area contributed by atoms with Gasteiger partial charge in [0.2, 0.25) is 5.91 Å². The van der Waals surface area contributed by atoms with Crippen LogP contribution >= 0.6 is 0 Å². The van der Waals surface area contributed by atoms with Crippen molar-refractivity contribution in [3.63, 3.8) is 0 Å². The molecule has 0 radical (unpaired) electrons. The van der Waals surface area contributed by atoms with Crippen LogP contribution in [0.25, 0.3) is 0 Å². The molecule has 136 valence electrons. The third-order valence-electron chi connectivity index (χ3n) is 4.34. The summed E-state index contributed by atoms with van der Waals surface area (Å²) in [6, 6.07) is 12.2. The zero-order chi connectivity index (χ0) is 18.7. The number of anilines is 1. The maximum atomic E-state index is 13.0. The van der Waals surface area contributed by atoms with E-state index in [0.717, 1.165) is 5.69 Å². The van der Waals surface area contributed by atoms with Crippen molar-refractivity contribution < 1.29 is 23.8 Å². The molecule has 0 spiro atoms. The number of rotatable bonds is 4. The van der Waals surface area contributed by atoms with E-state index < -0.39 is 17.8 Å². The molecule has 0 unspecified atom stereocenters. The van der Waals surface area contributed by atoms with Crippen LogP contribution in [-0.2, 0) is 9.59 Å². The number of benzene rings is 2. The second kappa shape index (κ2) is 7.53. The number of aliphatic hydroxyl groups excluding tert-OH is 1. The third kappa shape index (κ3) is 3.67. The van der Waals surface area contributed by atoms with E-state index in [0.29, 0.717) is 24.4 Å². The molecular formula is C19H19FN2O4. The summed E-state index contributed by atoms with van der Waals surface area (Å²) >= 11 is 0. The minimum absolute atomic E-state index is 0.122. The van der Waals surface area contributed by atoms with Gasteiger partial charge in [-0.05, 0) is 42.0 Å². The number of aliphatic hydroxyl groups is 1. The molecule has 3 rings (SSSR count). The standard InChI is InChI=1S/C19H19FN2O4/c1-26-16-8-6-15(7-9-16)22-11-10-21(12-17(22)23)19(25)18(24)13-2-4-14(20)5-3-13/h2-9,18,24H,10-12H2,1H3/t18-/m0/s1. The summed E-state index contributed by atoms with van der Waals surface area (Å²) in [5.41, 5.74) is 1.02. The Labute approximate surface area is 150 Å². The molecule has 2 amide bonds. The van der Waals surface area contributed by atoms with Gasteiger partial charge in [0.25, 0.3) is 5.91 Å². The zero-order valence-electron chi connectivity index (χ0n) is 14.3. The van der Waals surface area contributed by atoms with Crippen molar-refractivity contribution in [2.24, 2.45) is 0 Å². The number of piperazine rings is 1. The molecule has 7 heteroatoms. The van der Waals surface area contributed by atoms with Gasteiger partial charge in [0.05, 0.1) is 7.11 Å². The summed E-state index contributed by atoms with van der Waals surface area (Å²) in [5, 5.41) is 10.2. The summed E-state index contributed by atoms with van der Waals surface area (Å²) in [7, 11) is 1.57. The molecule has 6 nitrogen and oxygen atoms in total. The Balaban J connectivity index is 1.66. The molecule has 0 aliphatic carbocycles. The van der Waals surface area contributed by atoms with E-state index in [1.165, 1.54) is 29.2 Å². The fourth-order valence-corrected chi connectivity index (χ4v) is 2.86. The molecule has 0 aromatic heterocycles. The lowest BCUT2D eigenvalue weighted by Gasteiger charge is -2.35. The van der Waals surface area contributed by atoms with E-state index in [1.54, 1.807) is 36.3 Å². The smallest absolute Gasteiger partial charge is 0.256 e. The predicted molar refractivity (Wildman–Crippen MR) is 93.3 cm³/mol. The van der Waals surface area contributed by atoms with E-state index in [1.807, 2.05) is 0 Å². The normalized spacial score (nSPS) is 15.7. The third-order valence-corrected chi connectivity index (χ3v) is 4.34. The topological polar surface area (TPSA) is 70.1 Å². The lowest BCUT2D eigenvalue weighted by Crippen LogP contribution is -2.53. The van der Waals surface area contributed by atoms with Crippen molar-refractivity contribution in [3.05, 3.63) is 59.9 Å². The molecule has 1 N–H and O–H groups in total. The highest BCUT2D eigenvalue weighted by Crippen LogP contribution is 2.23. The van der Waals surface area contributed by atoms with E-state index in [4.69, 9.17) is 4.74 Å². The van der Waals surface area contributed by atoms with Crippen LogP contribution < -0.4 is 9.64 Å². The fraction of sp³-hybridized carbons (Fsp3) is 0.263. The van der Waals surface area contributed by atoms with Crippen LogP contribution in [0.1, 0.15) is 11.7 Å². The van der Waals surface area contributed by atoms with E-state index >= 15 is 0 Å². The highest BCUT2D eigenvalue weighted by Gasteiger charge is 2.31. The van der Waals surface area contributed by atoms with Gasteiger partial charge in [0.15, 0.2) is 6.10 Å². The van der Waals surface area contributed by atoms with Gasteiger partial charge < -0.3 is 19.6 Å². The lowest BCUT2D eigenvalue weighted by atomic mass is 10.1. The minimum Gasteiger partial charge on any atom is -0.497 e. The highest BCUT2D eigenvalue weighted by atomic mass is 19.1. The number of ether oxygens (including phenoxy) is 1. The first-order valence-corrected chi connectivity index (χ1v) is 8.16. The van der Waals surface area contributed by atoms with Crippen LogP contribution in [0.15, 0.2) is 48.5 Å². The Morgan fingerprint density at radius 3 is 2.35 bits per heavy atom. The van der Waals surface area contributed by atoms with Gasteiger partial charge in [-0.3, -0.25) is 9.59 Å². The van der Waals surface area contributed by atoms with E-state index in [-0.39, 0.29) is 12.5 Å². The summed E-state index contributed by atoms with van der Waals surface area (Å²) in [6.45, 7) is 0.505. The number of nitrogens with zero attached hydrogens (tertiary/aromatic N) is 2. The van der Waals surface area contributed by atoms with Crippen molar-refractivity contribution in [3.8, 4) is 5.75 Å². The van der Waals surface area contributed by atoms with Crippen molar-refractivity contribution >= 4 is 17.5 Å². The Kier molecular flexibility index (Phi) is 5.18. The molecule has 1 fully saturated rings. The Hall–Kier alpha value is -2.93. The maximum Gasteiger partial charge on any atom is 0.256 e. The summed E-state index contributed by atoms with van der Waals surface area (Å²) in [4.78, 5) is 27.8. The molecule has 0 bridgehead atoms. The van der Waals surface area contributed by atoms with E-state index in [9.17, 15) is 19.1 Å². The number of amides is 2. The average Bonchev–Trinajstić information content (AvgIpc) is 2.67. The molecule has 0 saturated carbocycles. The minimum atomic E-state index is -1.42. The molecular weight excluding hydrogens is 339 g/mol. The van der Waals surface area contributed by atoms with Crippen LogP contribution in [0.4, 0.5) is 10.1 Å². The number of hydrogen-bond donors (Lipinski definition) is 1. The molecule has 1 saturated heterocycles. The number of carbonyl (C=O) groups is 2. The SMILES string of the molecule is COc1ccc(N2CCN(C(=O)[C@@H](O)c3ccc(F)cc3)CC2=O)cc1. The second-order valence-electron chi connectivity index (χ2n) is 5.96. The maximum absolute atomic E-state index is 13.0. The summed E-state index contributed by atoms with van der Waals surface area (Å²) in [5.74, 6) is -0.561. The van der Waals surface area contributed by atoms with Crippen molar-refractivity contribution in [2.45, 2.75) is 6.10 Å². The Bertz CT molecular complexity index is 792. The number of halogens is 1. The zero-order valence-corrected chi connectivity index (χ0v) is 14.3. The molecule has 26 heavy (non-hydrogen) atoms. The Morgan fingerprint density at radius 2 is 1.77 bits per heavy atom. The summed E-state index contributed by atoms with van der Waals surface area (Å²) < 4.78 is 18.1. The van der Waals surface area contributed by atoms with Gasteiger partial charge in [-0.25, -0.2) is 4.39 Å². The predicted octanol–water partition coefficient (Wildman–Crippen LogP) is 1.74. The van der Waals surface area contributed by atoms with Crippen molar-refractivity contribution in [1.29, 1.82) is 0 Å². The quantitative estimate of drug-likeness (QED) is 0.904. The van der Waals surface area contributed by atoms with Gasteiger partial charge in [-0.15, -0.1) is 0 Å².